The van der Waals surface area contributed by atoms with Gasteiger partial charge in [0, 0.05) is 16.7 Å². The van der Waals surface area contributed by atoms with E-state index in [1.54, 1.807) is 6.92 Å². The van der Waals surface area contributed by atoms with E-state index in [1.807, 2.05) is 25.1 Å². The van der Waals surface area contributed by atoms with Gasteiger partial charge in [0.2, 0.25) is 0 Å². The van der Waals surface area contributed by atoms with Crippen LogP contribution in [-0.2, 0) is 6.54 Å². The van der Waals surface area contributed by atoms with Crippen LogP contribution in [0.4, 0.5) is 8.78 Å². The molecule has 0 aliphatic heterocycles. The molecule has 7 nitrogen and oxygen atoms in total. The Balaban J connectivity index is 1.85. The van der Waals surface area contributed by atoms with Crippen molar-refractivity contribution in [2.75, 3.05) is 0 Å². The molecule has 0 saturated heterocycles. The number of halogens is 2. The molecule has 0 atom stereocenters. The van der Waals surface area contributed by atoms with Crippen molar-refractivity contribution in [3.05, 3.63) is 76.7 Å². The van der Waals surface area contributed by atoms with Gasteiger partial charge in [0.05, 0.1) is 12.2 Å². The topological polar surface area (TPSA) is 102 Å². The van der Waals surface area contributed by atoms with Crippen LogP contribution in [0.25, 0.3) is 22.6 Å². The molecule has 4 aromatic rings. The second kappa shape index (κ2) is 7.51. The molecule has 2 aromatic heterocycles. The number of nitrogens with two attached hydrogens (primary N) is 1. The third-order valence-electron chi connectivity index (χ3n) is 4.77. The maximum Gasteiger partial charge on any atom is 0.269 e. The van der Waals surface area contributed by atoms with Crippen LogP contribution < -0.4 is 5.73 Å². The van der Waals surface area contributed by atoms with Gasteiger partial charge in [0.15, 0.2) is 11.5 Å². The average molecular weight is 408 g/mol. The number of nitrogens with one attached hydrogen (secondary N) is 1. The summed E-state index contributed by atoms with van der Waals surface area (Å²) in [6.07, 6.45) is 0. The normalized spacial score (nSPS) is 11.1. The van der Waals surface area contributed by atoms with Gasteiger partial charge in [-0.2, -0.15) is 10.2 Å². The first kappa shape index (κ1) is 19.4. The molecule has 0 bridgehead atoms. The minimum atomic E-state index is -0.734. The Morgan fingerprint density at radius 2 is 1.87 bits per heavy atom. The molecule has 152 valence electrons. The van der Waals surface area contributed by atoms with E-state index in [0.717, 1.165) is 11.1 Å². The van der Waals surface area contributed by atoms with Crippen molar-refractivity contribution in [1.29, 1.82) is 0 Å². The molecule has 0 spiro atoms. The highest BCUT2D eigenvalue weighted by molar-refractivity contribution is 5.92. The maximum absolute atomic E-state index is 14.2. The minimum Gasteiger partial charge on any atom is -0.364 e. The van der Waals surface area contributed by atoms with Crippen molar-refractivity contribution in [3.8, 4) is 22.6 Å². The Hall–Kier alpha value is -3.88. The Bertz CT molecular complexity index is 1240. The van der Waals surface area contributed by atoms with Gasteiger partial charge in [-0.05, 0) is 43.7 Å². The first-order valence-electron chi connectivity index (χ1n) is 9.14. The lowest BCUT2D eigenvalue weighted by atomic mass is 10.0. The number of carbonyl (C=O) groups excluding carboxylic acids is 1. The SMILES string of the molecule is Cc1nc(-c2ccc(C)c(-c3cc(C(N)=O)nn3Cc3c(F)cccc3F)c2)n[nH]1. The number of rotatable bonds is 5. The summed E-state index contributed by atoms with van der Waals surface area (Å²) in [6.45, 7) is 3.47. The number of nitrogens with zero attached hydrogens (tertiary/aromatic N) is 4. The lowest BCUT2D eigenvalue weighted by Crippen LogP contribution is -2.13. The van der Waals surface area contributed by atoms with E-state index in [0.29, 0.717) is 22.9 Å². The first-order valence-corrected chi connectivity index (χ1v) is 9.14. The fraction of sp³-hybridized carbons (Fsp3) is 0.143. The van der Waals surface area contributed by atoms with Gasteiger partial charge >= 0.3 is 0 Å². The number of aryl methyl sites for hydroxylation is 2. The molecule has 0 saturated carbocycles. The number of aromatic amines is 1. The van der Waals surface area contributed by atoms with E-state index in [2.05, 4.69) is 20.3 Å². The van der Waals surface area contributed by atoms with Crippen molar-refractivity contribution >= 4 is 5.91 Å². The molecule has 4 rings (SSSR count). The Morgan fingerprint density at radius 3 is 2.50 bits per heavy atom. The summed E-state index contributed by atoms with van der Waals surface area (Å²) < 4.78 is 29.8. The van der Waals surface area contributed by atoms with Gasteiger partial charge in [0.25, 0.3) is 5.91 Å². The molecule has 0 aliphatic carbocycles. The fourth-order valence-electron chi connectivity index (χ4n) is 3.22. The predicted molar refractivity (Wildman–Crippen MR) is 106 cm³/mol. The summed E-state index contributed by atoms with van der Waals surface area (Å²) in [6, 6.07) is 10.7. The van der Waals surface area contributed by atoms with Gasteiger partial charge in [0.1, 0.15) is 17.5 Å². The number of H-pyrrole nitrogens is 1. The highest BCUT2D eigenvalue weighted by Gasteiger charge is 2.19. The third kappa shape index (κ3) is 3.57. The average Bonchev–Trinajstić information content (AvgIpc) is 3.32. The number of hydrogen-bond acceptors (Lipinski definition) is 4. The smallest absolute Gasteiger partial charge is 0.269 e. The predicted octanol–water partition coefficient (Wildman–Crippen LogP) is 3.38. The zero-order valence-electron chi connectivity index (χ0n) is 16.3. The molecule has 3 N–H and O–H groups in total. The molecule has 0 aliphatic rings. The lowest BCUT2D eigenvalue weighted by molar-refractivity contribution is 0.0995. The minimum absolute atomic E-state index is 0.000268. The number of amides is 1. The highest BCUT2D eigenvalue weighted by Crippen LogP contribution is 2.30. The summed E-state index contributed by atoms with van der Waals surface area (Å²) in [7, 11) is 0. The second-order valence-corrected chi connectivity index (χ2v) is 6.91. The molecule has 1 amide bonds. The standard InChI is InChI=1S/C21H18F2N6O/c1-11-6-7-13(21-25-12(2)26-27-21)8-14(11)19-9-18(20(24)30)28-29(19)10-15-16(22)4-3-5-17(15)23/h3-9H,10H2,1-2H3,(H2,24,30)(H,25,26,27). The van der Waals surface area contributed by atoms with Gasteiger partial charge < -0.3 is 5.73 Å². The Morgan fingerprint density at radius 1 is 1.13 bits per heavy atom. The van der Waals surface area contributed by atoms with Gasteiger partial charge in [-0.3, -0.25) is 14.6 Å². The van der Waals surface area contributed by atoms with Gasteiger partial charge in [-0.25, -0.2) is 13.8 Å². The van der Waals surface area contributed by atoms with Crippen LogP contribution in [0.3, 0.4) is 0 Å². The number of hydrogen-bond donors (Lipinski definition) is 2. The number of aromatic nitrogens is 5. The molecule has 0 fully saturated rings. The first-order chi connectivity index (χ1) is 14.3. The lowest BCUT2D eigenvalue weighted by Gasteiger charge is -2.12. The summed E-state index contributed by atoms with van der Waals surface area (Å²) in [5.74, 6) is -0.946. The van der Waals surface area contributed by atoms with Crippen LogP contribution in [-0.4, -0.2) is 30.9 Å². The van der Waals surface area contributed by atoms with Crippen LogP contribution in [0.2, 0.25) is 0 Å². The van der Waals surface area contributed by atoms with E-state index in [1.165, 1.54) is 28.9 Å². The van der Waals surface area contributed by atoms with Crippen molar-refractivity contribution < 1.29 is 13.6 Å². The van der Waals surface area contributed by atoms with E-state index >= 15 is 0 Å². The zero-order chi connectivity index (χ0) is 21.4. The van der Waals surface area contributed by atoms with E-state index < -0.39 is 17.5 Å². The van der Waals surface area contributed by atoms with Crippen molar-refractivity contribution in [2.45, 2.75) is 20.4 Å². The Kier molecular flexibility index (Phi) is 4.86. The molecule has 0 radical (unpaired) electrons. The molecule has 9 heteroatoms. The molecule has 2 aromatic carbocycles. The number of carbonyl (C=O) groups is 1. The summed E-state index contributed by atoms with van der Waals surface area (Å²) >= 11 is 0. The maximum atomic E-state index is 14.2. The van der Waals surface area contributed by atoms with Crippen LogP contribution in [0, 0.1) is 25.5 Å². The Labute approximate surface area is 170 Å². The molecule has 30 heavy (non-hydrogen) atoms. The van der Waals surface area contributed by atoms with E-state index in [9.17, 15) is 13.6 Å². The molecular formula is C21H18F2N6O. The van der Waals surface area contributed by atoms with Crippen LogP contribution in [0.15, 0.2) is 42.5 Å². The van der Waals surface area contributed by atoms with Crippen LogP contribution in [0.5, 0.6) is 0 Å². The van der Waals surface area contributed by atoms with Crippen LogP contribution >= 0.6 is 0 Å². The van der Waals surface area contributed by atoms with E-state index in [-0.39, 0.29) is 17.8 Å². The van der Waals surface area contributed by atoms with Crippen molar-refractivity contribution in [2.24, 2.45) is 5.73 Å². The molecule has 0 unspecified atom stereocenters. The summed E-state index contributed by atoms with van der Waals surface area (Å²) in [5.41, 5.74) is 8.07. The van der Waals surface area contributed by atoms with Crippen LogP contribution in [0.1, 0.15) is 27.4 Å². The molecular weight excluding hydrogens is 390 g/mol. The van der Waals surface area contributed by atoms with Gasteiger partial charge in [-0.15, -0.1) is 0 Å². The zero-order valence-corrected chi connectivity index (χ0v) is 16.3. The highest BCUT2D eigenvalue weighted by atomic mass is 19.1. The van der Waals surface area contributed by atoms with Gasteiger partial charge in [-0.1, -0.05) is 18.2 Å². The number of benzene rings is 2. The monoisotopic (exact) mass is 408 g/mol. The fourth-order valence-corrected chi connectivity index (χ4v) is 3.22. The summed E-state index contributed by atoms with van der Waals surface area (Å²) in [5, 5.41) is 11.1. The van der Waals surface area contributed by atoms with Crippen molar-refractivity contribution in [3.63, 3.8) is 0 Å². The second-order valence-electron chi connectivity index (χ2n) is 6.91. The number of primary amides is 1. The molecule has 2 heterocycles. The third-order valence-corrected chi connectivity index (χ3v) is 4.77. The quantitative estimate of drug-likeness (QED) is 0.528. The van der Waals surface area contributed by atoms with Crippen molar-refractivity contribution in [1.82, 2.24) is 25.0 Å². The summed E-state index contributed by atoms with van der Waals surface area (Å²) in [4.78, 5) is 16.1. The van der Waals surface area contributed by atoms with E-state index in [4.69, 9.17) is 5.73 Å². The largest absolute Gasteiger partial charge is 0.364 e.